The fourth-order valence-electron chi connectivity index (χ4n) is 1.39. The van der Waals surface area contributed by atoms with Crippen molar-refractivity contribution in [3.05, 3.63) is 0 Å². The maximum absolute atomic E-state index is 11.6. The van der Waals surface area contributed by atoms with Crippen molar-refractivity contribution in [1.82, 2.24) is 10.2 Å². The Labute approximate surface area is 96.8 Å². The molecule has 2 N–H and O–H groups in total. The predicted molar refractivity (Wildman–Crippen MR) is 62.3 cm³/mol. The standard InChI is InChI=1S/C11H22N2O3/c1-5-6-13(4)11(16)12-9(10(14)15)7-8(2)3/h8-9H,5-7H2,1-4H3,(H,12,16)(H,14,15)/t9-/m0/s1. The zero-order valence-corrected chi connectivity index (χ0v) is 10.5. The Balaban J connectivity index is 4.28. The van der Waals surface area contributed by atoms with E-state index in [1.807, 2.05) is 20.8 Å². The first-order valence-corrected chi connectivity index (χ1v) is 5.62. The van der Waals surface area contributed by atoms with Crippen molar-refractivity contribution >= 4 is 12.0 Å². The molecule has 2 amide bonds. The number of carboxylic acids is 1. The number of carboxylic acid groups (broad SMARTS) is 1. The highest BCUT2D eigenvalue weighted by atomic mass is 16.4. The Bertz CT molecular complexity index is 241. The van der Waals surface area contributed by atoms with Crippen LogP contribution in [-0.4, -0.2) is 41.6 Å². The van der Waals surface area contributed by atoms with Gasteiger partial charge in [-0.15, -0.1) is 0 Å². The van der Waals surface area contributed by atoms with Crippen LogP contribution >= 0.6 is 0 Å². The Morgan fingerprint density at radius 3 is 2.31 bits per heavy atom. The molecule has 0 saturated carbocycles. The lowest BCUT2D eigenvalue weighted by molar-refractivity contribution is -0.139. The molecular formula is C11H22N2O3. The number of rotatable bonds is 6. The van der Waals surface area contributed by atoms with E-state index < -0.39 is 12.0 Å². The number of aliphatic carboxylic acids is 1. The maximum atomic E-state index is 11.6. The molecule has 0 aliphatic carbocycles. The molecule has 0 spiro atoms. The van der Waals surface area contributed by atoms with Crippen LogP contribution in [0.2, 0.25) is 0 Å². The van der Waals surface area contributed by atoms with Crippen LogP contribution in [0.3, 0.4) is 0 Å². The zero-order chi connectivity index (χ0) is 12.7. The minimum atomic E-state index is -0.980. The van der Waals surface area contributed by atoms with Crippen LogP contribution in [0.5, 0.6) is 0 Å². The molecule has 5 heteroatoms. The molecule has 5 nitrogen and oxygen atoms in total. The number of nitrogens with one attached hydrogen (secondary N) is 1. The predicted octanol–water partition coefficient (Wildman–Crippen LogP) is 1.54. The van der Waals surface area contributed by atoms with E-state index in [1.54, 1.807) is 7.05 Å². The highest BCUT2D eigenvalue weighted by molar-refractivity contribution is 5.82. The number of hydrogen-bond donors (Lipinski definition) is 2. The first-order valence-electron chi connectivity index (χ1n) is 5.62. The smallest absolute Gasteiger partial charge is 0.326 e. The molecule has 0 unspecified atom stereocenters. The van der Waals surface area contributed by atoms with Crippen molar-refractivity contribution in [3.8, 4) is 0 Å². The summed E-state index contributed by atoms with van der Waals surface area (Å²) >= 11 is 0. The minimum absolute atomic E-state index is 0.234. The number of carbonyl (C=O) groups is 2. The van der Waals surface area contributed by atoms with Gasteiger partial charge in [-0.2, -0.15) is 0 Å². The van der Waals surface area contributed by atoms with E-state index in [1.165, 1.54) is 4.90 Å². The average Bonchev–Trinajstić information content (AvgIpc) is 2.16. The van der Waals surface area contributed by atoms with Crippen LogP contribution in [0.4, 0.5) is 4.79 Å². The first kappa shape index (κ1) is 14.7. The van der Waals surface area contributed by atoms with Gasteiger partial charge in [-0.1, -0.05) is 20.8 Å². The lowest BCUT2D eigenvalue weighted by atomic mass is 10.0. The van der Waals surface area contributed by atoms with Crippen molar-refractivity contribution in [2.45, 2.75) is 39.7 Å². The van der Waals surface area contributed by atoms with Crippen LogP contribution in [0.25, 0.3) is 0 Å². The molecule has 0 fully saturated rings. The molecule has 1 atom stereocenters. The van der Waals surface area contributed by atoms with E-state index >= 15 is 0 Å². The Morgan fingerprint density at radius 2 is 1.94 bits per heavy atom. The summed E-state index contributed by atoms with van der Waals surface area (Å²) in [5, 5.41) is 11.5. The third kappa shape index (κ3) is 5.58. The Hall–Kier alpha value is -1.26. The molecule has 0 aromatic carbocycles. The van der Waals surface area contributed by atoms with Crippen LogP contribution in [0.1, 0.15) is 33.6 Å². The zero-order valence-electron chi connectivity index (χ0n) is 10.5. The van der Waals surface area contributed by atoms with E-state index in [2.05, 4.69) is 5.32 Å². The van der Waals surface area contributed by atoms with Gasteiger partial charge in [0.25, 0.3) is 0 Å². The molecule has 0 heterocycles. The van der Waals surface area contributed by atoms with Gasteiger partial charge in [-0.3, -0.25) is 0 Å². The summed E-state index contributed by atoms with van der Waals surface area (Å²) in [6, 6.07) is -1.12. The molecule has 0 aromatic rings. The molecule has 0 aliphatic heterocycles. The van der Waals surface area contributed by atoms with E-state index in [4.69, 9.17) is 5.11 Å². The quantitative estimate of drug-likeness (QED) is 0.727. The van der Waals surface area contributed by atoms with Crippen molar-refractivity contribution in [2.24, 2.45) is 5.92 Å². The summed E-state index contributed by atoms with van der Waals surface area (Å²) in [4.78, 5) is 24.0. The number of urea groups is 1. The number of nitrogens with zero attached hydrogens (tertiary/aromatic N) is 1. The summed E-state index contributed by atoms with van der Waals surface area (Å²) in [6.07, 6.45) is 1.30. The summed E-state index contributed by atoms with van der Waals surface area (Å²) in [6.45, 7) is 6.45. The topological polar surface area (TPSA) is 69.6 Å². The number of carbonyl (C=O) groups excluding carboxylic acids is 1. The van der Waals surface area contributed by atoms with Gasteiger partial charge in [0.2, 0.25) is 0 Å². The Kier molecular flexibility index (Phi) is 6.53. The fourth-order valence-corrected chi connectivity index (χ4v) is 1.39. The Morgan fingerprint density at radius 1 is 1.38 bits per heavy atom. The third-order valence-corrected chi connectivity index (χ3v) is 2.21. The van der Waals surface area contributed by atoms with Gasteiger partial charge in [0.05, 0.1) is 0 Å². The SMILES string of the molecule is CCCN(C)C(=O)N[C@@H](CC(C)C)C(=O)O. The lowest BCUT2D eigenvalue weighted by Crippen LogP contribution is -2.47. The molecule has 0 aromatic heterocycles. The van der Waals surface area contributed by atoms with Crippen molar-refractivity contribution in [3.63, 3.8) is 0 Å². The highest BCUT2D eigenvalue weighted by Crippen LogP contribution is 2.05. The second-order valence-electron chi connectivity index (χ2n) is 4.39. The normalized spacial score (nSPS) is 12.3. The van der Waals surface area contributed by atoms with Gasteiger partial charge in [0.15, 0.2) is 0 Å². The van der Waals surface area contributed by atoms with Gasteiger partial charge in [-0.25, -0.2) is 9.59 Å². The average molecular weight is 230 g/mol. The van der Waals surface area contributed by atoms with E-state index in [0.29, 0.717) is 13.0 Å². The van der Waals surface area contributed by atoms with Gasteiger partial charge >= 0.3 is 12.0 Å². The van der Waals surface area contributed by atoms with Crippen LogP contribution in [0, 0.1) is 5.92 Å². The molecule has 0 saturated heterocycles. The molecule has 0 radical (unpaired) electrons. The molecule has 16 heavy (non-hydrogen) atoms. The summed E-state index contributed by atoms with van der Waals surface area (Å²) in [7, 11) is 1.66. The summed E-state index contributed by atoms with van der Waals surface area (Å²) < 4.78 is 0. The molecule has 94 valence electrons. The van der Waals surface area contributed by atoms with E-state index in [-0.39, 0.29) is 11.9 Å². The number of hydrogen-bond acceptors (Lipinski definition) is 2. The number of amides is 2. The molecule has 0 bridgehead atoms. The highest BCUT2D eigenvalue weighted by Gasteiger charge is 2.22. The molecule has 0 aliphatic rings. The fraction of sp³-hybridized carbons (Fsp3) is 0.818. The van der Waals surface area contributed by atoms with Gasteiger partial charge in [-0.05, 0) is 18.8 Å². The van der Waals surface area contributed by atoms with Crippen LogP contribution in [0.15, 0.2) is 0 Å². The largest absolute Gasteiger partial charge is 0.480 e. The van der Waals surface area contributed by atoms with Crippen LogP contribution < -0.4 is 5.32 Å². The van der Waals surface area contributed by atoms with Gasteiger partial charge in [0.1, 0.15) is 6.04 Å². The minimum Gasteiger partial charge on any atom is -0.480 e. The lowest BCUT2D eigenvalue weighted by Gasteiger charge is -2.21. The van der Waals surface area contributed by atoms with Crippen molar-refractivity contribution in [1.29, 1.82) is 0 Å². The summed E-state index contributed by atoms with van der Waals surface area (Å²) in [5.74, 6) is -0.746. The van der Waals surface area contributed by atoms with E-state index in [0.717, 1.165) is 6.42 Å². The molecular weight excluding hydrogens is 208 g/mol. The van der Waals surface area contributed by atoms with E-state index in [9.17, 15) is 9.59 Å². The maximum Gasteiger partial charge on any atom is 0.326 e. The van der Waals surface area contributed by atoms with Gasteiger partial charge in [0, 0.05) is 13.6 Å². The van der Waals surface area contributed by atoms with Crippen molar-refractivity contribution in [2.75, 3.05) is 13.6 Å². The van der Waals surface area contributed by atoms with Crippen LogP contribution in [-0.2, 0) is 4.79 Å². The first-order chi connectivity index (χ1) is 7.38. The third-order valence-electron chi connectivity index (χ3n) is 2.21. The monoisotopic (exact) mass is 230 g/mol. The molecule has 0 rings (SSSR count). The van der Waals surface area contributed by atoms with Gasteiger partial charge < -0.3 is 15.3 Å². The second kappa shape index (κ2) is 7.09. The second-order valence-corrected chi connectivity index (χ2v) is 4.39. The summed E-state index contributed by atoms with van der Waals surface area (Å²) in [5.41, 5.74) is 0. The van der Waals surface area contributed by atoms with Crippen molar-refractivity contribution < 1.29 is 14.7 Å².